The number of carboxylic acids is 1. The maximum absolute atomic E-state index is 13.3. The molecule has 3 saturated heterocycles. The van der Waals surface area contributed by atoms with E-state index in [0.29, 0.717) is 34.6 Å². The number of aromatic carboxylic acids is 1. The van der Waals surface area contributed by atoms with Gasteiger partial charge in [0.2, 0.25) is 0 Å². The summed E-state index contributed by atoms with van der Waals surface area (Å²) >= 11 is 0. The average Bonchev–Trinajstić information content (AvgIpc) is 2.89. The molecular formula is C30H29N3O4. The van der Waals surface area contributed by atoms with Crippen LogP contribution in [-0.4, -0.2) is 36.2 Å². The number of hydrogen-bond acceptors (Lipinski definition) is 6. The fraction of sp³-hybridized carbons (Fsp3) is 0.267. The Morgan fingerprint density at radius 2 is 1.73 bits per heavy atom. The summed E-state index contributed by atoms with van der Waals surface area (Å²) in [4.78, 5) is 29.6. The average molecular weight is 496 g/mol. The quantitative estimate of drug-likeness (QED) is 0.368. The highest BCUT2D eigenvalue weighted by molar-refractivity contribution is 5.94. The van der Waals surface area contributed by atoms with Crippen molar-refractivity contribution in [2.45, 2.75) is 38.4 Å². The molecule has 7 heteroatoms. The van der Waals surface area contributed by atoms with Crippen molar-refractivity contribution in [2.24, 2.45) is 0 Å². The summed E-state index contributed by atoms with van der Waals surface area (Å²) in [5, 5.41) is 13.4. The molecule has 0 spiro atoms. The van der Waals surface area contributed by atoms with Crippen LogP contribution in [0.15, 0.2) is 82.0 Å². The maximum atomic E-state index is 13.3. The van der Waals surface area contributed by atoms with E-state index in [9.17, 15) is 14.7 Å². The molecule has 4 heterocycles. The smallest absolute Gasteiger partial charge is 0.337 e. The summed E-state index contributed by atoms with van der Waals surface area (Å²) in [6.45, 7) is 5.49. The van der Waals surface area contributed by atoms with Gasteiger partial charge in [-0.1, -0.05) is 36.4 Å². The van der Waals surface area contributed by atoms with E-state index in [-0.39, 0.29) is 17.0 Å². The Morgan fingerprint density at radius 3 is 2.46 bits per heavy atom. The minimum atomic E-state index is -0.994. The molecule has 0 radical (unpaired) electrons. The van der Waals surface area contributed by atoms with Crippen molar-refractivity contribution in [2.75, 3.05) is 28.2 Å². The lowest BCUT2D eigenvalue weighted by molar-refractivity contribution is 0.0698. The topological polar surface area (TPSA) is 86.0 Å². The molecule has 7 rings (SSSR count). The van der Waals surface area contributed by atoms with E-state index >= 15 is 0 Å². The predicted molar refractivity (Wildman–Crippen MR) is 146 cm³/mol. The van der Waals surface area contributed by atoms with E-state index < -0.39 is 5.97 Å². The van der Waals surface area contributed by atoms with Gasteiger partial charge in [0.25, 0.3) is 0 Å². The summed E-state index contributed by atoms with van der Waals surface area (Å²) in [7, 11) is 0. The van der Waals surface area contributed by atoms with E-state index in [0.717, 1.165) is 30.6 Å². The molecule has 37 heavy (non-hydrogen) atoms. The second-order valence-corrected chi connectivity index (χ2v) is 10.1. The number of rotatable bonds is 6. The van der Waals surface area contributed by atoms with Crippen LogP contribution in [0, 0.1) is 6.92 Å². The Labute approximate surface area is 214 Å². The van der Waals surface area contributed by atoms with Crippen molar-refractivity contribution in [1.29, 1.82) is 0 Å². The maximum Gasteiger partial charge on any atom is 0.337 e. The van der Waals surface area contributed by atoms with Crippen LogP contribution in [-0.2, 0) is 0 Å². The van der Waals surface area contributed by atoms with Crippen molar-refractivity contribution < 1.29 is 14.3 Å². The minimum absolute atomic E-state index is 0.0708. The SMILES string of the molecule is Cc1cc(C(C)Nc2ccccc2C(=O)O)c2oc(N3CC4CC(C3)N4c3ccccc3)cc(=O)c2c1. The molecule has 3 fully saturated rings. The Hall–Kier alpha value is -4.26. The number of carbonyl (C=O) groups is 1. The zero-order chi connectivity index (χ0) is 25.7. The molecule has 3 aliphatic rings. The van der Waals surface area contributed by atoms with Crippen LogP contribution in [0.1, 0.15) is 40.9 Å². The number of benzene rings is 3. The number of hydrogen-bond donors (Lipinski definition) is 2. The van der Waals surface area contributed by atoms with Crippen molar-refractivity contribution in [3.8, 4) is 0 Å². The van der Waals surface area contributed by atoms with Gasteiger partial charge in [-0.3, -0.25) is 4.79 Å². The van der Waals surface area contributed by atoms with Crippen LogP contribution >= 0.6 is 0 Å². The number of aryl methyl sites for hydroxylation is 1. The third kappa shape index (κ3) is 4.10. The van der Waals surface area contributed by atoms with Crippen LogP contribution in [0.3, 0.4) is 0 Å². The highest BCUT2D eigenvalue weighted by Crippen LogP contribution is 2.39. The van der Waals surface area contributed by atoms with Crippen LogP contribution < -0.4 is 20.5 Å². The molecule has 2 N–H and O–H groups in total. The Bertz CT molecular complexity index is 1540. The first-order valence-corrected chi connectivity index (χ1v) is 12.6. The molecule has 188 valence electrons. The molecule has 2 bridgehead atoms. The van der Waals surface area contributed by atoms with Crippen LogP contribution in [0.25, 0.3) is 11.0 Å². The molecule has 7 nitrogen and oxygen atoms in total. The fourth-order valence-electron chi connectivity index (χ4n) is 5.82. The Morgan fingerprint density at radius 1 is 1.03 bits per heavy atom. The first kappa shape index (κ1) is 23.2. The molecule has 3 aromatic carbocycles. The van der Waals surface area contributed by atoms with Crippen LogP contribution in [0.2, 0.25) is 0 Å². The van der Waals surface area contributed by atoms with Gasteiger partial charge in [0.15, 0.2) is 11.3 Å². The number of anilines is 3. The minimum Gasteiger partial charge on any atom is -0.478 e. The monoisotopic (exact) mass is 495 g/mol. The van der Waals surface area contributed by atoms with Gasteiger partial charge in [-0.15, -0.1) is 0 Å². The van der Waals surface area contributed by atoms with Crippen molar-refractivity contribution in [3.05, 3.63) is 99.7 Å². The van der Waals surface area contributed by atoms with E-state index in [4.69, 9.17) is 4.42 Å². The van der Waals surface area contributed by atoms with Gasteiger partial charge in [0.05, 0.1) is 17.0 Å². The summed E-state index contributed by atoms with van der Waals surface area (Å²) in [5.74, 6) is -0.408. The van der Waals surface area contributed by atoms with Gasteiger partial charge in [0.1, 0.15) is 5.58 Å². The van der Waals surface area contributed by atoms with Crippen LogP contribution in [0.5, 0.6) is 0 Å². The Kier molecular flexibility index (Phi) is 5.63. The third-order valence-electron chi connectivity index (χ3n) is 7.54. The first-order chi connectivity index (χ1) is 17.9. The molecule has 3 atom stereocenters. The second-order valence-electron chi connectivity index (χ2n) is 10.1. The number of nitrogens with one attached hydrogen (secondary N) is 1. The van der Waals surface area contributed by atoms with Gasteiger partial charge in [0, 0.05) is 48.2 Å². The highest BCUT2D eigenvalue weighted by atomic mass is 16.4. The van der Waals surface area contributed by atoms with Crippen molar-refractivity contribution in [1.82, 2.24) is 0 Å². The second kappa shape index (κ2) is 9.00. The molecule has 3 unspecified atom stereocenters. The molecule has 0 aliphatic carbocycles. The predicted octanol–water partition coefficient (Wildman–Crippen LogP) is 5.44. The van der Waals surface area contributed by atoms with Gasteiger partial charge in [-0.2, -0.15) is 0 Å². The zero-order valence-corrected chi connectivity index (χ0v) is 20.8. The molecule has 3 aliphatic heterocycles. The largest absolute Gasteiger partial charge is 0.478 e. The zero-order valence-electron chi connectivity index (χ0n) is 20.8. The number of piperazine rings is 1. The van der Waals surface area contributed by atoms with Crippen molar-refractivity contribution in [3.63, 3.8) is 0 Å². The number of carboxylic acid groups (broad SMARTS) is 1. The lowest BCUT2D eigenvalue weighted by atomic mass is 9.86. The summed E-state index contributed by atoms with van der Waals surface area (Å²) < 4.78 is 6.47. The highest BCUT2D eigenvalue weighted by Gasteiger charge is 2.45. The standard InChI is InChI=1S/C30H29N3O4/c1-18-12-24(19(2)31-26-11-7-6-10-23(26)30(35)36)29-25(13-18)27(34)15-28(37-29)32-16-21-14-22(17-32)33(21)20-8-4-3-5-9-20/h3-13,15,19,21-22,31H,14,16-17H2,1-2H3,(H,35,36). The molecule has 4 aromatic rings. The van der Waals surface area contributed by atoms with E-state index in [1.165, 1.54) is 5.69 Å². The number of nitrogens with zero attached hydrogens (tertiary/aromatic N) is 2. The lowest BCUT2D eigenvalue weighted by Gasteiger charge is -2.57. The number of fused-ring (bicyclic) bond motifs is 3. The summed E-state index contributed by atoms with van der Waals surface area (Å²) in [6, 6.07) is 23.2. The fourth-order valence-corrected chi connectivity index (χ4v) is 5.82. The molecular weight excluding hydrogens is 466 g/mol. The van der Waals surface area contributed by atoms with Gasteiger partial charge in [-0.25, -0.2) is 4.79 Å². The number of para-hydroxylation sites is 2. The number of piperidine rings is 1. The van der Waals surface area contributed by atoms with Gasteiger partial charge >= 0.3 is 5.97 Å². The summed E-state index contributed by atoms with van der Waals surface area (Å²) in [5.41, 5.74) is 4.20. The van der Waals surface area contributed by atoms with E-state index in [1.807, 2.05) is 32.0 Å². The van der Waals surface area contributed by atoms with Crippen LogP contribution in [0.4, 0.5) is 17.3 Å². The lowest BCUT2D eigenvalue weighted by Crippen LogP contribution is -2.69. The van der Waals surface area contributed by atoms with Gasteiger partial charge < -0.3 is 24.6 Å². The summed E-state index contributed by atoms with van der Waals surface area (Å²) in [6.07, 6.45) is 1.14. The third-order valence-corrected chi connectivity index (χ3v) is 7.54. The van der Waals surface area contributed by atoms with Gasteiger partial charge in [-0.05, 0) is 56.2 Å². The first-order valence-electron chi connectivity index (χ1n) is 12.6. The molecule has 1 aromatic heterocycles. The molecule has 0 saturated carbocycles. The van der Waals surface area contributed by atoms with E-state index in [1.54, 1.807) is 30.3 Å². The normalized spacial score (nSPS) is 19.4. The van der Waals surface area contributed by atoms with E-state index in [2.05, 4.69) is 39.4 Å². The molecule has 0 amide bonds. The Balaban J connectivity index is 1.33. The van der Waals surface area contributed by atoms with Crippen molar-refractivity contribution >= 4 is 34.2 Å².